The first-order valence-corrected chi connectivity index (χ1v) is 5.57. The normalized spacial score (nSPS) is 10.2. The first kappa shape index (κ1) is 13.0. The Balaban J connectivity index is 2.40. The van der Waals surface area contributed by atoms with Crippen molar-refractivity contribution in [3.63, 3.8) is 0 Å². The van der Waals surface area contributed by atoms with Crippen molar-refractivity contribution in [2.75, 3.05) is 25.6 Å². The predicted molar refractivity (Wildman–Crippen MR) is 63.0 cm³/mol. The van der Waals surface area contributed by atoms with Gasteiger partial charge in [0.15, 0.2) is 5.82 Å². The van der Waals surface area contributed by atoms with Crippen LogP contribution in [0.2, 0.25) is 5.02 Å². The highest BCUT2D eigenvalue weighted by Crippen LogP contribution is 2.19. The summed E-state index contributed by atoms with van der Waals surface area (Å²) in [5.41, 5.74) is 0. The van der Waals surface area contributed by atoms with Crippen LogP contribution < -0.4 is 10.1 Å². The van der Waals surface area contributed by atoms with Crippen LogP contribution in [0.1, 0.15) is 19.3 Å². The van der Waals surface area contributed by atoms with Crippen LogP contribution >= 0.6 is 11.6 Å². The fourth-order valence-corrected chi connectivity index (χ4v) is 1.35. The van der Waals surface area contributed by atoms with Gasteiger partial charge in [-0.2, -0.15) is 4.98 Å². The summed E-state index contributed by atoms with van der Waals surface area (Å²) < 4.78 is 4.90. The second-order valence-corrected chi connectivity index (χ2v) is 3.67. The van der Waals surface area contributed by atoms with Crippen molar-refractivity contribution in [3.05, 3.63) is 11.2 Å². The van der Waals surface area contributed by atoms with Crippen molar-refractivity contribution in [2.45, 2.75) is 19.3 Å². The fraction of sp³-hybridized carbons (Fsp3) is 0.600. The number of nitrogens with one attached hydrogen (secondary N) is 1. The first-order valence-electron chi connectivity index (χ1n) is 5.19. The van der Waals surface area contributed by atoms with Gasteiger partial charge in [0.1, 0.15) is 5.02 Å². The van der Waals surface area contributed by atoms with Gasteiger partial charge in [-0.1, -0.05) is 11.6 Å². The minimum absolute atomic E-state index is 0.238. The number of aliphatic hydroxyl groups is 1. The van der Waals surface area contributed by atoms with Crippen LogP contribution in [0.3, 0.4) is 0 Å². The van der Waals surface area contributed by atoms with E-state index in [1.807, 2.05) is 0 Å². The number of nitrogens with zero attached hydrogens (tertiary/aromatic N) is 2. The van der Waals surface area contributed by atoms with Crippen molar-refractivity contribution in [1.82, 2.24) is 9.97 Å². The summed E-state index contributed by atoms with van der Waals surface area (Å²) in [6.07, 6.45) is 4.26. The van der Waals surface area contributed by atoms with E-state index in [0.717, 1.165) is 25.8 Å². The Labute approximate surface area is 99.8 Å². The summed E-state index contributed by atoms with van der Waals surface area (Å²) in [4.78, 5) is 7.96. The summed E-state index contributed by atoms with van der Waals surface area (Å²) >= 11 is 5.91. The van der Waals surface area contributed by atoms with Crippen LogP contribution in [0, 0.1) is 0 Å². The molecule has 0 saturated heterocycles. The summed E-state index contributed by atoms with van der Waals surface area (Å²) in [6.45, 7) is 1.00. The number of anilines is 1. The number of aliphatic hydroxyl groups excluding tert-OH is 1. The molecule has 5 nitrogen and oxygen atoms in total. The number of unbranched alkanes of at least 4 members (excludes halogenated alkanes) is 2. The van der Waals surface area contributed by atoms with Gasteiger partial charge in [-0.25, -0.2) is 4.98 Å². The van der Waals surface area contributed by atoms with Gasteiger partial charge in [0, 0.05) is 13.2 Å². The van der Waals surface area contributed by atoms with Crippen molar-refractivity contribution >= 4 is 17.4 Å². The smallest absolute Gasteiger partial charge is 0.318 e. The van der Waals surface area contributed by atoms with E-state index in [1.54, 1.807) is 0 Å². The minimum Gasteiger partial charge on any atom is -0.467 e. The molecule has 0 unspecified atom stereocenters. The average molecular weight is 246 g/mol. The maximum Gasteiger partial charge on any atom is 0.318 e. The highest BCUT2D eigenvalue weighted by Gasteiger charge is 2.04. The number of rotatable bonds is 7. The molecule has 0 aliphatic heterocycles. The van der Waals surface area contributed by atoms with Crippen molar-refractivity contribution in [3.8, 4) is 6.01 Å². The Kier molecular flexibility index (Phi) is 5.88. The molecule has 0 aliphatic rings. The summed E-state index contributed by atoms with van der Waals surface area (Å²) in [6, 6.07) is 0.294. The molecule has 6 heteroatoms. The van der Waals surface area contributed by atoms with Crippen LogP contribution in [-0.4, -0.2) is 35.3 Å². The Hall–Kier alpha value is -1.07. The maximum absolute atomic E-state index is 8.62. The zero-order chi connectivity index (χ0) is 11.8. The van der Waals surface area contributed by atoms with Gasteiger partial charge in [-0.05, 0) is 19.3 Å². The van der Waals surface area contributed by atoms with Crippen LogP contribution in [0.25, 0.3) is 0 Å². The maximum atomic E-state index is 8.62. The molecular formula is C10H16ClN3O2. The molecule has 0 saturated carbocycles. The van der Waals surface area contributed by atoms with Gasteiger partial charge in [-0.3, -0.25) is 0 Å². The lowest BCUT2D eigenvalue weighted by Gasteiger charge is -2.07. The number of methoxy groups -OCH3 is 1. The Morgan fingerprint density at radius 1 is 1.44 bits per heavy atom. The molecule has 1 heterocycles. The Morgan fingerprint density at radius 2 is 2.25 bits per heavy atom. The largest absolute Gasteiger partial charge is 0.467 e. The van der Waals surface area contributed by atoms with E-state index in [0.29, 0.717) is 16.9 Å². The highest BCUT2D eigenvalue weighted by atomic mass is 35.5. The van der Waals surface area contributed by atoms with E-state index in [1.165, 1.54) is 13.3 Å². The third kappa shape index (κ3) is 4.20. The second-order valence-electron chi connectivity index (χ2n) is 3.26. The quantitative estimate of drug-likeness (QED) is 0.716. The highest BCUT2D eigenvalue weighted by molar-refractivity contribution is 6.32. The summed E-state index contributed by atoms with van der Waals surface area (Å²) in [5, 5.41) is 12.2. The van der Waals surface area contributed by atoms with Gasteiger partial charge < -0.3 is 15.2 Å². The van der Waals surface area contributed by atoms with Crippen LogP contribution in [0.4, 0.5) is 5.82 Å². The van der Waals surface area contributed by atoms with E-state index in [2.05, 4.69) is 15.3 Å². The SMILES string of the molecule is COc1ncc(Cl)c(NCCCCCO)n1. The summed E-state index contributed by atoms with van der Waals surface area (Å²) in [7, 11) is 1.51. The Morgan fingerprint density at radius 3 is 2.94 bits per heavy atom. The van der Waals surface area contributed by atoms with E-state index in [-0.39, 0.29) is 6.61 Å². The molecule has 0 spiro atoms. The molecule has 0 amide bonds. The first-order chi connectivity index (χ1) is 7.77. The third-order valence-electron chi connectivity index (χ3n) is 2.03. The van der Waals surface area contributed by atoms with Crippen molar-refractivity contribution < 1.29 is 9.84 Å². The number of halogens is 1. The van der Waals surface area contributed by atoms with Gasteiger partial charge in [0.05, 0.1) is 13.3 Å². The minimum atomic E-state index is 0.238. The van der Waals surface area contributed by atoms with E-state index in [4.69, 9.17) is 21.4 Å². The lowest BCUT2D eigenvalue weighted by Crippen LogP contribution is -2.05. The van der Waals surface area contributed by atoms with Crippen LogP contribution in [-0.2, 0) is 0 Å². The number of hydrogen-bond acceptors (Lipinski definition) is 5. The predicted octanol–water partition coefficient (Wildman–Crippen LogP) is 1.71. The van der Waals surface area contributed by atoms with Crippen molar-refractivity contribution in [1.29, 1.82) is 0 Å². The molecule has 2 N–H and O–H groups in total. The van der Waals surface area contributed by atoms with E-state index >= 15 is 0 Å². The van der Waals surface area contributed by atoms with Crippen LogP contribution in [0.5, 0.6) is 6.01 Å². The van der Waals surface area contributed by atoms with Gasteiger partial charge in [0.25, 0.3) is 0 Å². The molecule has 1 aromatic rings. The molecule has 1 aromatic heterocycles. The number of hydrogen-bond donors (Lipinski definition) is 2. The lowest BCUT2D eigenvalue weighted by molar-refractivity contribution is 0.283. The van der Waals surface area contributed by atoms with Gasteiger partial charge in [-0.15, -0.1) is 0 Å². The molecule has 0 aromatic carbocycles. The van der Waals surface area contributed by atoms with Crippen molar-refractivity contribution in [2.24, 2.45) is 0 Å². The standard InChI is InChI=1S/C10H16ClN3O2/c1-16-10-13-7-8(11)9(14-10)12-5-3-2-4-6-15/h7,15H,2-6H2,1H3,(H,12,13,14). The second kappa shape index (κ2) is 7.24. The topological polar surface area (TPSA) is 67.3 Å². The molecule has 0 atom stereocenters. The molecule has 0 bridgehead atoms. The van der Waals surface area contributed by atoms with E-state index in [9.17, 15) is 0 Å². The molecule has 0 aliphatic carbocycles. The molecule has 0 radical (unpaired) electrons. The monoisotopic (exact) mass is 245 g/mol. The molecular weight excluding hydrogens is 230 g/mol. The number of aromatic nitrogens is 2. The van der Waals surface area contributed by atoms with Crippen LogP contribution in [0.15, 0.2) is 6.20 Å². The number of ether oxygens (including phenoxy) is 1. The van der Waals surface area contributed by atoms with E-state index < -0.39 is 0 Å². The third-order valence-corrected chi connectivity index (χ3v) is 2.31. The average Bonchev–Trinajstić information content (AvgIpc) is 2.31. The van der Waals surface area contributed by atoms with Gasteiger partial charge >= 0.3 is 6.01 Å². The molecule has 1 rings (SSSR count). The lowest BCUT2D eigenvalue weighted by atomic mass is 10.2. The molecule has 0 fully saturated rings. The van der Waals surface area contributed by atoms with Gasteiger partial charge in [0.2, 0.25) is 0 Å². The zero-order valence-electron chi connectivity index (χ0n) is 9.24. The summed E-state index contributed by atoms with van der Waals surface area (Å²) in [5.74, 6) is 0.581. The Bertz CT molecular complexity index is 323. The molecule has 90 valence electrons. The zero-order valence-corrected chi connectivity index (χ0v) is 10.00. The molecule has 16 heavy (non-hydrogen) atoms. The fourth-order valence-electron chi connectivity index (χ4n) is 1.19.